The van der Waals surface area contributed by atoms with Crippen molar-refractivity contribution in [3.8, 4) is 44.8 Å². The first-order chi connectivity index (χ1) is 36.8. The molecule has 4 aromatic carbocycles. The van der Waals surface area contributed by atoms with Crippen molar-refractivity contribution < 1.29 is 27.7 Å². The van der Waals surface area contributed by atoms with Crippen LogP contribution in [-0.4, -0.2) is 56.7 Å². The van der Waals surface area contributed by atoms with Crippen LogP contribution < -0.4 is 16.0 Å². The highest BCUT2D eigenvalue weighted by Crippen LogP contribution is 2.45. The Morgan fingerprint density at radius 3 is 1.64 bits per heavy atom. The van der Waals surface area contributed by atoms with Gasteiger partial charge in [0.05, 0.1) is 22.2 Å². The second-order valence-electron chi connectivity index (χ2n) is 19.7. The van der Waals surface area contributed by atoms with Gasteiger partial charge >= 0.3 is 0 Å². The molecule has 4 N–H and O–H groups in total. The summed E-state index contributed by atoms with van der Waals surface area (Å²) >= 11 is 0. The van der Waals surface area contributed by atoms with Crippen molar-refractivity contribution in [1.82, 2.24) is 40.2 Å². The maximum atomic E-state index is 14.2. The smallest absolute Gasteiger partial charge is 0.270 e. The molecule has 6 heterocycles. The first-order valence-corrected chi connectivity index (χ1v) is 26.6. The molecule has 77 heavy (non-hydrogen) atoms. The summed E-state index contributed by atoms with van der Waals surface area (Å²) in [6.07, 6.45) is 9.35. The fraction of sp³-hybridized carbons (Fsp3) is 0.246. The van der Waals surface area contributed by atoms with Crippen molar-refractivity contribution in [1.29, 1.82) is 0 Å². The Kier molecular flexibility index (Phi) is 18.2. The van der Waals surface area contributed by atoms with Gasteiger partial charge in [0.25, 0.3) is 11.8 Å². The molecule has 0 unspecified atom stereocenters. The van der Waals surface area contributed by atoms with Gasteiger partial charge in [-0.1, -0.05) is 98.3 Å². The Bertz CT molecular complexity index is 3400. The lowest BCUT2D eigenvalue weighted by molar-refractivity contribution is 0.0937. The Morgan fingerprint density at radius 1 is 0.662 bits per heavy atom. The average molecular weight is 1080 g/mol. The summed E-state index contributed by atoms with van der Waals surface area (Å²) < 4.78 is 43.5. The highest BCUT2D eigenvalue weighted by atomic mass is 35.5. The number of aliphatic hydroxyl groups is 1. The summed E-state index contributed by atoms with van der Waals surface area (Å²) in [4.78, 5) is 44.6. The van der Waals surface area contributed by atoms with Gasteiger partial charge in [-0.2, -0.15) is 0 Å². The lowest BCUT2D eigenvalue weighted by Crippen LogP contribution is -2.36. The zero-order valence-corrected chi connectivity index (χ0v) is 44.9. The third kappa shape index (κ3) is 12.9. The lowest BCUT2D eigenvalue weighted by atomic mass is 9.93. The molecule has 3 atom stereocenters. The van der Waals surface area contributed by atoms with E-state index in [0.717, 1.165) is 68.5 Å². The second kappa shape index (κ2) is 25.2. The molecule has 396 valence electrons. The molecular weight excluding hydrogens is 1010 g/mol. The number of carbonyl (C=O) groups is 2. The molecule has 8 aromatic rings. The molecule has 16 heteroatoms. The molecule has 0 saturated heterocycles. The Labute approximate surface area is 456 Å². The summed E-state index contributed by atoms with van der Waals surface area (Å²) in [5, 5.41) is 18.6. The SMILES string of the molecule is CCC[C@@H]1c2c(cc(C(=O)NCc3ccccc3F)nc2-c2cccc(-c3cccnc3)c2)CN1[S@](=O)C(C)(C)C.Cl.O=C(NCc1ccccc1F)c1cc2c(c(-c3cccc(-c4cccnc4)c3)n1)[C@@H](CCO)NC2. The number of nitrogens with zero attached hydrogens (tertiary/aromatic N) is 5. The Morgan fingerprint density at radius 2 is 1.16 bits per heavy atom. The van der Waals surface area contributed by atoms with Gasteiger partial charge in [0.1, 0.15) is 34.0 Å². The number of carbonyl (C=O) groups excluding carboxylic acids is 2. The first kappa shape index (κ1) is 55.8. The van der Waals surface area contributed by atoms with Crippen molar-refractivity contribution in [2.45, 2.75) is 90.0 Å². The third-order valence-electron chi connectivity index (χ3n) is 13.4. The van der Waals surface area contributed by atoms with E-state index in [1.807, 2.05) is 104 Å². The Hall–Kier alpha value is -7.40. The van der Waals surface area contributed by atoms with Crippen LogP contribution in [0.1, 0.15) is 113 Å². The predicted molar refractivity (Wildman–Crippen MR) is 301 cm³/mol. The van der Waals surface area contributed by atoms with Crippen LogP contribution in [0.2, 0.25) is 0 Å². The van der Waals surface area contributed by atoms with Crippen LogP contribution in [0.5, 0.6) is 0 Å². The molecule has 12 nitrogen and oxygen atoms in total. The van der Waals surface area contributed by atoms with Gasteiger partial charge in [0.15, 0.2) is 0 Å². The molecule has 10 rings (SSSR count). The summed E-state index contributed by atoms with van der Waals surface area (Å²) in [5.41, 5.74) is 12.3. The predicted octanol–water partition coefficient (Wildman–Crippen LogP) is 11.8. The molecule has 2 amide bonds. The topological polar surface area (TPSA) is 162 Å². The lowest BCUT2D eigenvalue weighted by Gasteiger charge is -2.30. The van der Waals surface area contributed by atoms with Crippen LogP contribution >= 0.6 is 12.4 Å². The van der Waals surface area contributed by atoms with Gasteiger partial charge in [-0.25, -0.2) is 27.3 Å². The fourth-order valence-corrected chi connectivity index (χ4v) is 11.1. The van der Waals surface area contributed by atoms with Gasteiger partial charge in [0.2, 0.25) is 0 Å². The van der Waals surface area contributed by atoms with Gasteiger partial charge in [-0.15, -0.1) is 12.4 Å². The molecule has 4 aromatic heterocycles. The molecule has 2 aliphatic heterocycles. The summed E-state index contributed by atoms with van der Waals surface area (Å²) in [6, 6.07) is 40.0. The number of halogens is 3. The van der Waals surface area contributed by atoms with Gasteiger partial charge < -0.3 is 21.1 Å². The molecular formula is C61H61ClF2N8O4S. The number of nitrogens with one attached hydrogen (secondary N) is 3. The number of benzene rings is 4. The quantitative estimate of drug-likeness (QED) is 0.0783. The van der Waals surface area contributed by atoms with E-state index in [1.165, 1.54) is 12.1 Å². The van der Waals surface area contributed by atoms with Crippen molar-refractivity contribution in [2.75, 3.05) is 6.61 Å². The van der Waals surface area contributed by atoms with E-state index in [4.69, 9.17) is 9.97 Å². The van der Waals surface area contributed by atoms with Gasteiger partial charge in [-0.3, -0.25) is 19.6 Å². The van der Waals surface area contributed by atoms with Gasteiger partial charge in [-0.05, 0) is 110 Å². The average Bonchev–Trinajstić information content (AvgIpc) is 4.05. The second-order valence-corrected chi connectivity index (χ2v) is 21.9. The number of fused-ring (bicyclic) bond motifs is 2. The minimum atomic E-state index is -1.26. The highest BCUT2D eigenvalue weighted by molar-refractivity contribution is 7.84. The molecule has 2 aliphatic rings. The molecule has 0 fully saturated rings. The van der Waals surface area contributed by atoms with Crippen LogP contribution in [0, 0.1) is 11.6 Å². The number of pyridine rings is 4. The first-order valence-electron chi connectivity index (χ1n) is 25.5. The number of aliphatic hydroxyl groups excluding tert-OH is 1. The Balaban J connectivity index is 0.000000203. The molecule has 0 saturated carbocycles. The summed E-state index contributed by atoms with van der Waals surface area (Å²) in [7, 11) is -1.26. The third-order valence-corrected chi connectivity index (χ3v) is 15.3. The number of hydrogen-bond donors (Lipinski definition) is 4. The van der Waals surface area contributed by atoms with Crippen LogP contribution in [-0.2, 0) is 37.2 Å². The zero-order chi connectivity index (χ0) is 53.3. The number of amides is 2. The van der Waals surface area contributed by atoms with Crippen LogP contribution in [0.15, 0.2) is 158 Å². The van der Waals surface area contributed by atoms with Crippen molar-refractivity contribution in [3.63, 3.8) is 0 Å². The number of rotatable bonds is 15. The standard InChI is InChI=1S/C33H35FN4O2S.C28H25FN4O2.ClH/c1-5-10-29-30-26(21-38(29)41(40)33(2,3)4)18-28(32(39)36-20-25-11-6-7-15-27(25)34)37-31(30)23-13-8-12-22(17-23)24-14-9-16-35-19-24;29-23-9-2-1-5-21(23)16-32-28(35)25-14-22-17-31-24(10-12-34)26(22)27(33-25)19-7-3-6-18(13-19)20-8-4-11-30-15-20;/h6-9,11-19,29H,5,10,20-21H2,1-4H3,(H,36,39);1-9,11,13-15,24,31,34H,10,12,16-17H2,(H,32,35);1H/t29-,41-;24-;/m11./s1. The van der Waals surface area contributed by atoms with E-state index in [0.29, 0.717) is 42.0 Å². The van der Waals surface area contributed by atoms with E-state index in [-0.39, 0.29) is 79.0 Å². The molecule has 0 radical (unpaired) electrons. The minimum absolute atomic E-state index is 0. The van der Waals surface area contributed by atoms with E-state index in [1.54, 1.807) is 61.1 Å². The molecule has 0 spiro atoms. The number of aromatic nitrogens is 4. The monoisotopic (exact) mass is 1070 g/mol. The zero-order valence-electron chi connectivity index (χ0n) is 43.3. The normalized spacial score (nSPS) is 15.1. The van der Waals surface area contributed by atoms with E-state index < -0.39 is 15.7 Å². The van der Waals surface area contributed by atoms with Crippen LogP contribution in [0.4, 0.5) is 8.78 Å². The maximum Gasteiger partial charge on any atom is 0.270 e. The van der Waals surface area contributed by atoms with E-state index in [2.05, 4.69) is 38.9 Å². The highest BCUT2D eigenvalue weighted by Gasteiger charge is 2.40. The van der Waals surface area contributed by atoms with E-state index >= 15 is 0 Å². The maximum absolute atomic E-state index is 14.2. The van der Waals surface area contributed by atoms with Crippen molar-refractivity contribution in [2.24, 2.45) is 0 Å². The summed E-state index contributed by atoms with van der Waals surface area (Å²) in [5.74, 6) is -1.49. The van der Waals surface area contributed by atoms with Crippen molar-refractivity contribution in [3.05, 3.63) is 215 Å². The van der Waals surface area contributed by atoms with E-state index in [9.17, 15) is 27.7 Å². The van der Waals surface area contributed by atoms with Crippen LogP contribution in [0.3, 0.4) is 0 Å². The van der Waals surface area contributed by atoms with Gasteiger partial charge in [0, 0.05) is 103 Å². The fourth-order valence-electron chi connectivity index (χ4n) is 9.72. The largest absolute Gasteiger partial charge is 0.396 e. The van der Waals surface area contributed by atoms with Crippen LogP contribution in [0.25, 0.3) is 44.8 Å². The van der Waals surface area contributed by atoms with Crippen molar-refractivity contribution >= 4 is 35.2 Å². The molecule has 0 aliphatic carbocycles. The minimum Gasteiger partial charge on any atom is -0.396 e. The summed E-state index contributed by atoms with van der Waals surface area (Å²) in [6.45, 7) is 9.25. The number of hydrogen-bond acceptors (Lipinski definition) is 9. The molecule has 0 bridgehead atoms.